The van der Waals surface area contributed by atoms with Gasteiger partial charge in [-0.2, -0.15) is 0 Å². The van der Waals surface area contributed by atoms with E-state index in [0.29, 0.717) is 27.1 Å². The Labute approximate surface area is 553 Å². The highest BCUT2D eigenvalue weighted by atomic mass is 15.2. The lowest BCUT2D eigenvalue weighted by Crippen LogP contribution is -2.57. The van der Waals surface area contributed by atoms with E-state index in [0.717, 1.165) is 155 Å². The molecule has 2 heteroatoms. The van der Waals surface area contributed by atoms with Crippen LogP contribution in [0.4, 0.5) is 0 Å². The van der Waals surface area contributed by atoms with Gasteiger partial charge in [-0.25, -0.2) is 0 Å². The molecule has 89 heavy (non-hydrogen) atoms. The van der Waals surface area contributed by atoms with Gasteiger partial charge in [-0.3, -0.25) is 9.80 Å². The van der Waals surface area contributed by atoms with Crippen LogP contribution in [0.3, 0.4) is 0 Å². The van der Waals surface area contributed by atoms with Crippen LogP contribution in [0.15, 0.2) is 0 Å². The van der Waals surface area contributed by atoms with Gasteiger partial charge in [-0.1, -0.05) is 172 Å². The second kappa shape index (κ2) is 26.0. The number of hydrogen-bond acceptors (Lipinski definition) is 2. The highest BCUT2D eigenvalue weighted by Gasteiger charge is 2.67. The smallest absolute Gasteiger partial charge is 0.0104 e. The van der Waals surface area contributed by atoms with Crippen LogP contribution in [0, 0.1) is 145 Å². The molecule has 15 aliphatic rings. The number of rotatable bonds is 18. The van der Waals surface area contributed by atoms with Crippen molar-refractivity contribution < 1.29 is 0 Å². The summed E-state index contributed by atoms with van der Waals surface area (Å²) >= 11 is 0. The quantitative estimate of drug-likeness (QED) is 0.135. The molecular formula is C87H148N2. The summed E-state index contributed by atoms with van der Waals surface area (Å²) in [4.78, 5) is 7.23. The minimum absolute atomic E-state index is 0.453. The van der Waals surface area contributed by atoms with Crippen molar-refractivity contribution in [1.29, 1.82) is 0 Å². The second-order valence-electron chi connectivity index (χ2n) is 39.9. The molecule has 15 rings (SSSR count). The van der Waals surface area contributed by atoms with E-state index in [1.54, 1.807) is 218 Å². The van der Waals surface area contributed by atoms with E-state index in [4.69, 9.17) is 0 Å². The first kappa shape index (κ1) is 64.9. The van der Waals surface area contributed by atoms with Gasteiger partial charge >= 0.3 is 0 Å². The topological polar surface area (TPSA) is 6.48 Å². The molecule has 506 valence electrons. The SMILES string of the molecule is CCCCC1(CCCC)C2CCCCC2C2CCC(N(C3CCC4C5CCCCC5C(C)(C)C4C3)C3CCC4C5CCC(N(C6CCC7C8CCCCC8C(C)(C)C7C6)C6CCC7C8CCCCC8C(CCCC)(CCCC)C7C6)CC5C(C)(C)C4C3)CC21. The largest absolute Gasteiger partial charge is 0.294 e. The monoisotopic (exact) mass is 1220 g/mol. The first-order chi connectivity index (χ1) is 43.2. The van der Waals surface area contributed by atoms with Gasteiger partial charge in [-0.05, 0) is 338 Å². The summed E-state index contributed by atoms with van der Waals surface area (Å²) in [5, 5.41) is 0. The summed E-state index contributed by atoms with van der Waals surface area (Å²) in [6, 6.07) is 5.06. The molecular weight excluding hydrogens is 1070 g/mol. The Bertz CT molecular complexity index is 2170. The van der Waals surface area contributed by atoms with Crippen LogP contribution < -0.4 is 0 Å². The van der Waals surface area contributed by atoms with E-state index in [-0.39, 0.29) is 0 Å². The van der Waals surface area contributed by atoms with Crippen molar-refractivity contribution >= 4 is 0 Å². The number of fused-ring (bicyclic) bond motifs is 15. The first-order valence-corrected chi connectivity index (χ1v) is 42.7. The molecule has 0 aromatic carbocycles. The average molecular weight is 1220 g/mol. The van der Waals surface area contributed by atoms with Gasteiger partial charge in [0, 0.05) is 36.3 Å². The summed E-state index contributed by atoms with van der Waals surface area (Å²) in [7, 11) is 0. The molecule has 0 bridgehead atoms. The van der Waals surface area contributed by atoms with Gasteiger partial charge in [0.2, 0.25) is 0 Å². The lowest BCUT2D eigenvalue weighted by molar-refractivity contribution is -0.0560. The van der Waals surface area contributed by atoms with Crippen molar-refractivity contribution in [3.05, 3.63) is 0 Å². The van der Waals surface area contributed by atoms with Crippen molar-refractivity contribution in [2.45, 2.75) is 401 Å². The van der Waals surface area contributed by atoms with Gasteiger partial charge in [-0.15, -0.1) is 0 Å². The third kappa shape index (κ3) is 10.7. The standard InChI is InChI=1S/C87H148N2/c1-11-15-47-86(48-16-12-2)75-33-25-21-29-65(75)71-45-39-61(55-81(71)86)88(57-35-41-67-63-27-19-23-31-73(63)83(5,6)77(67)51-57)59-37-43-69-70-44-38-60(54-80(70)85(9,10)79(69)53-59)89(58-36-42-68-64-28-20-24-32-74(64)84(7,8)78(68)52-58)62-40-46-72-66-30-22-26-34-76(66)87(49-17-13-3,50-18-14-4)82(72)56-62/h57-82H,11-56H2,1-10H3. The predicted octanol–water partition coefficient (Wildman–Crippen LogP) is 24.4. The first-order valence-electron chi connectivity index (χ1n) is 42.7. The fourth-order valence-electron chi connectivity index (χ4n) is 33.4. The van der Waals surface area contributed by atoms with Gasteiger partial charge < -0.3 is 0 Å². The molecule has 15 aliphatic carbocycles. The lowest BCUT2D eigenvalue weighted by atomic mass is 9.59. The van der Waals surface area contributed by atoms with Crippen LogP contribution in [-0.4, -0.2) is 46.1 Å². The summed E-state index contributed by atoms with van der Waals surface area (Å²) in [6.07, 6.45) is 71.1. The van der Waals surface area contributed by atoms with Gasteiger partial charge in [0.05, 0.1) is 0 Å². The Morgan fingerprint density at radius 3 is 0.697 bits per heavy atom. The average Bonchev–Trinajstić information content (AvgIpc) is 1.66. The van der Waals surface area contributed by atoms with Crippen LogP contribution in [0.1, 0.15) is 365 Å². The van der Waals surface area contributed by atoms with Crippen molar-refractivity contribution in [3.63, 3.8) is 0 Å². The zero-order valence-electron chi connectivity index (χ0n) is 60.9. The zero-order valence-corrected chi connectivity index (χ0v) is 60.9. The maximum atomic E-state index is 3.61. The molecule has 0 amide bonds. The Kier molecular flexibility index (Phi) is 18.9. The van der Waals surface area contributed by atoms with Crippen molar-refractivity contribution in [1.82, 2.24) is 9.80 Å². The number of unbranched alkanes of at least 4 members (excludes halogenated alkanes) is 4. The molecule has 0 aromatic rings. The minimum atomic E-state index is 0.453. The molecule has 0 aromatic heterocycles. The molecule has 0 radical (unpaired) electrons. The minimum Gasteiger partial charge on any atom is -0.294 e. The van der Waals surface area contributed by atoms with E-state index in [9.17, 15) is 0 Å². The van der Waals surface area contributed by atoms with Gasteiger partial charge in [0.1, 0.15) is 0 Å². The van der Waals surface area contributed by atoms with E-state index >= 15 is 0 Å². The Balaban J connectivity index is 0.735. The van der Waals surface area contributed by atoms with Crippen molar-refractivity contribution in [2.24, 2.45) is 145 Å². The fraction of sp³-hybridized carbons (Fsp3) is 1.00. The summed E-state index contributed by atoms with van der Waals surface area (Å²) in [5.74, 6) is 20.3. The second-order valence-corrected chi connectivity index (χ2v) is 39.9. The molecule has 0 aliphatic heterocycles. The van der Waals surface area contributed by atoms with E-state index < -0.39 is 0 Å². The maximum absolute atomic E-state index is 3.61. The van der Waals surface area contributed by atoms with Crippen LogP contribution >= 0.6 is 0 Å². The number of nitrogens with zero attached hydrogens (tertiary/aromatic N) is 2. The van der Waals surface area contributed by atoms with E-state index in [1.165, 1.54) is 77.0 Å². The summed E-state index contributed by atoms with van der Waals surface area (Å²) in [6.45, 7) is 27.4. The Morgan fingerprint density at radius 2 is 0.427 bits per heavy atom. The molecule has 0 heterocycles. The normalized spacial score (nSPS) is 48.7. The van der Waals surface area contributed by atoms with Crippen LogP contribution in [-0.2, 0) is 0 Å². The van der Waals surface area contributed by atoms with Crippen LogP contribution in [0.5, 0.6) is 0 Å². The molecule has 26 unspecified atom stereocenters. The predicted molar refractivity (Wildman–Crippen MR) is 377 cm³/mol. The Morgan fingerprint density at radius 1 is 0.225 bits per heavy atom. The highest BCUT2D eigenvalue weighted by Crippen LogP contribution is 2.72. The van der Waals surface area contributed by atoms with E-state index in [1.807, 2.05) is 0 Å². The third-order valence-corrected chi connectivity index (χ3v) is 36.5. The molecule has 0 saturated heterocycles. The number of hydrogen-bond donors (Lipinski definition) is 0. The van der Waals surface area contributed by atoms with E-state index in [2.05, 4.69) is 79.0 Å². The van der Waals surface area contributed by atoms with Crippen LogP contribution in [0.25, 0.3) is 0 Å². The van der Waals surface area contributed by atoms with Gasteiger partial charge in [0.25, 0.3) is 0 Å². The van der Waals surface area contributed by atoms with Crippen LogP contribution in [0.2, 0.25) is 0 Å². The molecule has 26 atom stereocenters. The van der Waals surface area contributed by atoms with Gasteiger partial charge in [0.15, 0.2) is 0 Å². The fourth-order valence-corrected chi connectivity index (χ4v) is 33.4. The summed E-state index contributed by atoms with van der Waals surface area (Å²) < 4.78 is 0. The molecule has 0 spiro atoms. The Hall–Kier alpha value is -0.0800. The molecule has 15 saturated carbocycles. The summed E-state index contributed by atoms with van der Waals surface area (Å²) in [5.41, 5.74) is 2.81. The van der Waals surface area contributed by atoms with Crippen molar-refractivity contribution in [3.8, 4) is 0 Å². The highest BCUT2D eigenvalue weighted by molar-refractivity contribution is 5.17. The maximum Gasteiger partial charge on any atom is 0.0104 e. The lowest BCUT2D eigenvalue weighted by Gasteiger charge is -2.55. The third-order valence-electron chi connectivity index (χ3n) is 36.5. The molecule has 15 fully saturated rings. The molecule has 0 N–H and O–H groups in total. The zero-order chi connectivity index (χ0) is 61.2. The molecule has 2 nitrogen and oxygen atoms in total. The van der Waals surface area contributed by atoms with Crippen molar-refractivity contribution in [2.75, 3.05) is 0 Å².